The highest BCUT2D eigenvalue weighted by Gasteiger charge is 2.21. The van der Waals surface area contributed by atoms with Crippen LogP contribution in [0.25, 0.3) is 16.2 Å². The summed E-state index contributed by atoms with van der Waals surface area (Å²) in [6.45, 7) is 3.05. The van der Waals surface area contributed by atoms with Gasteiger partial charge in [0, 0.05) is 17.9 Å². The lowest BCUT2D eigenvalue weighted by molar-refractivity contribution is 0.193. The molecule has 2 aromatic carbocycles. The second-order valence-electron chi connectivity index (χ2n) is 8.11. The number of piperidine rings is 1. The monoisotopic (exact) mass is 450 g/mol. The Bertz CT molecular complexity index is 1120. The third kappa shape index (κ3) is 4.95. The highest BCUT2D eigenvalue weighted by molar-refractivity contribution is 7.87. The van der Waals surface area contributed by atoms with Crippen LogP contribution < -0.4 is 0 Å². The van der Waals surface area contributed by atoms with Gasteiger partial charge in [0.2, 0.25) is 9.30 Å². The highest BCUT2D eigenvalue weighted by atomic mass is 32.2. The predicted molar refractivity (Wildman–Crippen MR) is 127 cm³/mol. The molecule has 0 N–H and O–H groups in total. The largest absolute Gasteiger partial charge is 0.302 e. The summed E-state index contributed by atoms with van der Waals surface area (Å²) in [6.07, 6.45) is 5.52. The average Bonchev–Trinajstić information content (AvgIpc) is 3.39. The Balaban J connectivity index is 1.12. The van der Waals surface area contributed by atoms with Crippen LogP contribution in [0.2, 0.25) is 0 Å². The van der Waals surface area contributed by atoms with Crippen molar-refractivity contribution in [3.05, 3.63) is 72.4 Å². The second kappa shape index (κ2) is 9.42. The molecule has 1 unspecified atom stereocenters. The lowest BCUT2D eigenvalue weighted by atomic mass is 9.90. The van der Waals surface area contributed by atoms with E-state index in [0.29, 0.717) is 10.1 Å². The van der Waals surface area contributed by atoms with Crippen molar-refractivity contribution in [3.8, 4) is 11.3 Å². The molecule has 0 aliphatic carbocycles. The maximum Gasteiger partial charge on any atom is 0.213 e. The summed E-state index contributed by atoms with van der Waals surface area (Å²) in [4.78, 5) is 7.90. The number of hydrogen-bond donors (Lipinski definition) is 0. The summed E-state index contributed by atoms with van der Waals surface area (Å²) in [5.41, 5.74) is 3.40. The quantitative estimate of drug-likeness (QED) is 0.415. The van der Waals surface area contributed by atoms with Gasteiger partial charge in [-0.1, -0.05) is 72.0 Å². The molecule has 160 valence electrons. The number of imidazole rings is 1. The minimum absolute atomic E-state index is 0.631. The molecule has 0 spiro atoms. The lowest BCUT2D eigenvalue weighted by Crippen LogP contribution is -2.36. The summed E-state index contributed by atoms with van der Waals surface area (Å²) >= 11 is 1.43. The second-order valence-corrected chi connectivity index (χ2v) is 10.8. The molecule has 0 saturated carbocycles. The maximum atomic E-state index is 12.8. The zero-order valence-electron chi connectivity index (χ0n) is 17.4. The Kier molecular flexibility index (Phi) is 6.25. The van der Waals surface area contributed by atoms with E-state index in [2.05, 4.69) is 45.3 Å². The first kappa shape index (κ1) is 20.5. The first-order valence-electron chi connectivity index (χ1n) is 10.8. The summed E-state index contributed by atoms with van der Waals surface area (Å²) < 4.78 is 15.2. The van der Waals surface area contributed by atoms with Gasteiger partial charge in [0.25, 0.3) is 0 Å². The SMILES string of the molecule is O=S(CCN1CCC(Cc2ccccc2)CC1)c1nn2cc(-c3ccccc3)nc2s1. The van der Waals surface area contributed by atoms with Crippen LogP contribution >= 0.6 is 11.3 Å². The first-order chi connectivity index (χ1) is 15.2. The third-order valence-corrected chi connectivity index (χ3v) is 8.51. The molecule has 7 heteroatoms. The topological polar surface area (TPSA) is 50.5 Å². The molecule has 1 saturated heterocycles. The average molecular weight is 451 g/mol. The number of aromatic nitrogens is 3. The van der Waals surface area contributed by atoms with E-state index < -0.39 is 10.8 Å². The molecule has 0 bridgehead atoms. The molecule has 31 heavy (non-hydrogen) atoms. The van der Waals surface area contributed by atoms with E-state index in [0.717, 1.165) is 41.8 Å². The van der Waals surface area contributed by atoms with Crippen molar-refractivity contribution < 1.29 is 4.21 Å². The fourth-order valence-electron chi connectivity index (χ4n) is 4.18. The fourth-order valence-corrected chi connectivity index (χ4v) is 6.42. The van der Waals surface area contributed by atoms with Crippen molar-refractivity contribution in [2.75, 3.05) is 25.4 Å². The molecule has 5 rings (SSSR count). The predicted octanol–water partition coefficient (Wildman–Crippen LogP) is 4.52. The van der Waals surface area contributed by atoms with Gasteiger partial charge in [0.15, 0.2) is 0 Å². The van der Waals surface area contributed by atoms with Crippen molar-refractivity contribution >= 4 is 27.1 Å². The van der Waals surface area contributed by atoms with Crippen molar-refractivity contribution in [1.82, 2.24) is 19.5 Å². The number of benzene rings is 2. The van der Waals surface area contributed by atoms with E-state index in [-0.39, 0.29) is 0 Å². The van der Waals surface area contributed by atoms with E-state index in [1.165, 1.54) is 36.2 Å². The summed E-state index contributed by atoms with van der Waals surface area (Å²) in [6, 6.07) is 20.8. The minimum Gasteiger partial charge on any atom is -0.302 e. The van der Waals surface area contributed by atoms with E-state index >= 15 is 0 Å². The molecule has 3 heterocycles. The lowest BCUT2D eigenvalue weighted by Gasteiger charge is -2.31. The van der Waals surface area contributed by atoms with Crippen molar-refractivity contribution in [3.63, 3.8) is 0 Å². The van der Waals surface area contributed by atoms with Crippen LogP contribution in [0.4, 0.5) is 0 Å². The van der Waals surface area contributed by atoms with E-state index in [9.17, 15) is 4.21 Å². The molecule has 1 aliphatic rings. The number of likely N-dealkylation sites (tertiary alicyclic amines) is 1. The van der Waals surface area contributed by atoms with Crippen LogP contribution in [-0.4, -0.2) is 49.1 Å². The molecule has 2 aromatic heterocycles. The normalized spacial score (nSPS) is 16.6. The fraction of sp³-hybridized carbons (Fsp3) is 0.333. The standard InChI is InChI=1S/C24H26N4OS2/c29-31(16-15-27-13-11-20(12-14-27)17-19-7-3-1-4-8-19)24-26-28-18-22(25-23(28)30-24)21-9-5-2-6-10-21/h1-10,18,20H,11-17H2. The van der Waals surface area contributed by atoms with Gasteiger partial charge in [-0.25, -0.2) is 9.50 Å². The summed E-state index contributed by atoms with van der Waals surface area (Å²) in [5, 5.41) is 4.54. The molecule has 1 aliphatic heterocycles. The van der Waals surface area contributed by atoms with Gasteiger partial charge in [-0.15, -0.1) is 5.10 Å². The number of fused-ring (bicyclic) bond motifs is 1. The molecule has 1 fully saturated rings. The van der Waals surface area contributed by atoms with Gasteiger partial charge in [0.05, 0.1) is 22.7 Å². The zero-order chi connectivity index (χ0) is 21.0. The van der Waals surface area contributed by atoms with Crippen LogP contribution in [0.15, 0.2) is 71.2 Å². The summed E-state index contributed by atoms with van der Waals surface area (Å²) in [7, 11) is -1.08. The maximum absolute atomic E-state index is 12.8. The highest BCUT2D eigenvalue weighted by Crippen LogP contribution is 2.24. The smallest absolute Gasteiger partial charge is 0.213 e. The first-order valence-corrected chi connectivity index (χ1v) is 12.9. The van der Waals surface area contributed by atoms with Gasteiger partial charge in [-0.2, -0.15) is 0 Å². The molecule has 0 amide bonds. The van der Waals surface area contributed by atoms with Crippen LogP contribution in [0.1, 0.15) is 18.4 Å². The molecule has 1 atom stereocenters. The number of rotatable bonds is 7. The van der Waals surface area contributed by atoms with E-state index in [4.69, 9.17) is 0 Å². The van der Waals surface area contributed by atoms with Crippen LogP contribution in [0, 0.1) is 5.92 Å². The molecule has 4 aromatic rings. The molecular weight excluding hydrogens is 424 g/mol. The minimum atomic E-state index is -1.08. The number of nitrogens with zero attached hydrogens (tertiary/aromatic N) is 4. The van der Waals surface area contributed by atoms with Crippen molar-refractivity contribution in [2.24, 2.45) is 5.92 Å². The molecule has 5 nitrogen and oxygen atoms in total. The molecule has 0 radical (unpaired) electrons. The Morgan fingerprint density at radius 3 is 2.42 bits per heavy atom. The Morgan fingerprint density at radius 2 is 1.71 bits per heavy atom. The Labute approximate surface area is 189 Å². The zero-order valence-corrected chi connectivity index (χ0v) is 19.0. The van der Waals surface area contributed by atoms with Gasteiger partial charge in [-0.3, -0.25) is 4.21 Å². The Hall–Kier alpha value is -2.35. The third-order valence-electron chi connectivity index (χ3n) is 5.96. The number of hydrogen-bond acceptors (Lipinski definition) is 5. The van der Waals surface area contributed by atoms with Crippen LogP contribution in [-0.2, 0) is 17.2 Å². The van der Waals surface area contributed by atoms with Gasteiger partial charge < -0.3 is 4.90 Å². The van der Waals surface area contributed by atoms with Crippen molar-refractivity contribution in [2.45, 2.75) is 23.6 Å². The van der Waals surface area contributed by atoms with Crippen LogP contribution in [0.3, 0.4) is 0 Å². The van der Waals surface area contributed by atoms with E-state index in [1.54, 1.807) is 4.52 Å². The van der Waals surface area contributed by atoms with Gasteiger partial charge in [0.1, 0.15) is 0 Å². The van der Waals surface area contributed by atoms with Gasteiger partial charge >= 0.3 is 0 Å². The summed E-state index contributed by atoms with van der Waals surface area (Å²) in [5.74, 6) is 1.39. The Morgan fingerprint density at radius 1 is 1.00 bits per heavy atom. The van der Waals surface area contributed by atoms with Gasteiger partial charge in [-0.05, 0) is 43.8 Å². The van der Waals surface area contributed by atoms with Crippen molar-refractivity contribution in [1.29, 1.82) is 0 Å². The van der Waals surface area contributed by atoms with Crippen LogP contribution in [0.5, 0.6) is 0 Å². The van der Waals surface area contributed by atoms with E-state index in [1.807, 2.05) is 36.5 Å². The molecular formula is C24H26N4OS2.